The maximum absolute atomic E-state index is 12.2. The van der Waals surface area contributed by atoms with Gasteiger partial charge < -0.3 is 14.7 Å². The predicted octanol–water partition coefficient (Wildman–Crippen LogP) is 0.130. The van der Waals surface area contributed by atoms with Crippen LogP contribution in [0.3, 0.4) is 0 Å². The average molecular weight is 360 g/mol. The SMILES string of the molecule is C/C=C\C(=C/C)CS(=O)(=O)N[C@H](CC(=O)N1CCOCC1)C(=O)O. The zero-order valence-corrected chi connectivity index (χ0v) is 14.7. The highest BCUT2D eigenvalue weighted by molar-refractivity contribution is 7.89. The van der Waals surface area contributed by atoms with Crippen LogP contribution in [0.15, 0.2) is 23.8 Å². The zero-order valence-electron chi connectivity index (χ0n) is 13.9. The molecule has 1 amide bonds. The summed E-state index contributed by atoms with van der Waals surface area (Å²) in [6.45, 7) is 4.99. The Morgan fingerprint density at radius 3 is 2.42 bits per heavy atom. The lowest BCUT2D eigenvalue weighted by Gasteiger charge is -2.28. The van der Waals surface area contributed by atoms with E-state index >= 15 is 0 Å². The first kappa shape index (κ1) is 20.3. The van der Waals surface area contributed by atoms with E-state index in [9.17, 15) is 23.1 Å². The van der Waals surface area contributed by atoms with Crippen LogP contribution >= 0.6 is 0 Å². The maximum Gasteiger partial charge on any atom is 0.322 e. The van der Waals surface area contributed by atoms with Gasteiger partial charge in [0, 0.05) is 13.1 Å². The van der Waals surface area contributed by atoms with Crippen molar-refractivity contribution in [1.82, 2.24) is 9.62 Å². The number of nitrogens with one attached hydrogen (secondary N) is 1. The lowest BCUT2D eigenvalue weighted by Crippen LogP contribution is -2.48. The van der Waals surface area contributed by atoms with Crippen LogP contribution < -0.4 is 4.72 Å². The first-order valence-electron chi connectivity index (χ1n) is 7.65. The van der Waals surface area contributed by atoms with Crippen molar-refractivity contribution in [2.75, 3.05) is 32.1 Å². The van der Waals surface area contributed by atoms with Crippen LogP contribution in [-0.4, -0.2) is 68.4 Å². The minimum Gasteiger partial charge on any atom is -0.480 e. The van der Waals surface area contributed by atoms with Crippen LogP contribution in [-0.2, 0) is 24.3 Å². The Morgan fingerprint density at radius 1 is 1.29 bits per heavy atom. The van der Waals surface area contributed by atoms with Crippen molar-refractivity contribution in [3.63, 3.8) is 0 Å². The summed E-state index contributed by atoms with van der Waals surface area (Å²) in [5.74, 6) is -2.13. The summed E-state index contributed by atoms with van der Waals surface area (Å²) in [6.07, 6.45) is 4.53. The van der Waals surface area contributed by atoms with Gasteiger partial charge in [-0.2, -0.15) is 0 Å². The molecule has 1 saturated heterocycles. The third-order valence-electron chi connectivity index (χ3n) is 3.47. The molecule has 1 atom stereocenters. The summed E-state index contributed by atoms with van der Waals surface area (Å²) in [4.78, 5) is 24.9. The standard InChI is InChI=1S/C15H24N2O6S/c1-3-5-12(4-2)11-24(21,22)16-13(15(19)20)10-14(18)17-6-8-23-9-7-17/h3-5,13,16H,6-11H2,1-2H3,(H,19,20)/b5-3-,12-4+/t13-/m1/s1. The minimum absolute atomic E-state index is 0.344. The van der Waals surface area contributed by atoms with Gasteiger partial charge in [0.1, 0.15) is 6.04 Å². The van der Waals surface area contributed by atoms with E-state index in [0.29, 0.717) is 31.9 Å². The van der Waals surface area contributed by atoms with Gasteiger partial charge in [0.05, 0.1) is 25.4 Å². The van der Waals surface area contributed by atoms with E-state index in [1.165, 1.54) is 4.90 Å². The smallest absolute Gasteiger partial charge is 0.322 e. The first-order chi connectivity index (χ1) is 11.3. The number of carboxylic acids is 1. The first-order valence-corrected chi connectivity index (χ1v) is 9.30. The Hall–Kier alpha value is -1.71. The molecule has 1 aliphatic rings. The lowest BCUT2D eigenvalue weighted by atomic mass is 10.2. The number of hydrogen-bond donors (Lipinski definition) is 2. The topological polar surface area (TPSA) is 113 Å². The van der Waals surface area contributed by atoms with Crippen LogP contribution in [0, 0.1) is 0 Å². The predicted molar refractivity (Wildman–Crippen MR) is 88.9 cm³/mol. The Labute approximate surface area is 142 Å². The molecule has 1 aliphatic heterocycles. The fourth-order valence-corrected chi connectivity index (χ4v) is 3.62. The van der Waals surface area contributed by atoms with Crippen LogP contribution in [0.4, 0.5) is 0 Å². The normalized spacial score (nSPS) is 17.9. The summed E-state index contributed by atoms with van der Waals surface area (Å²) >= 11 is 0. The Bertz CT molecular complexity index is 605. The van der Waals surface area contributed by atoms with Crippen molar-refractivity contribution in [3.05, 3.63) is 23.8 Å². The van der Waals surface area contributed by atoms with Crippen molar-refractivity contribution in [1.29, 1.82) is 0 Å². The number of ether oxygens (including phenoxy) is 1. The molecule has 0 saturated carbocycles. The van der Waals surface area contributed by atoms with E-state index in [1.54, 1.807) is 32.1 Å². The molecular formula is C15H24N2O6S. The lowest BCUT2D eigenvalue weighted by molar-refractivity contribution is -0.144. The molecule has 2 N–H and O–H groups in total. The molecule has 1 rings (SSSR count). The highest BCUT2D eigenvalue weighted by Crippen LogP contribution is 2.07. The molecule has 0 aliphatic carbocycles. The molecule has 0 aromatic carbocycles. The molecule has 0 radical (unpaired) electrons. The summed E-state index contributed by atoms with van der Waals surface area (Å²) < 4.78 is 31.5. The Balaban J connectivity index is 2.74. The molecule has 0 aromatic rings. The van der Waals surface area contributed by atoms with E-state index < -0.39 is 34.4 Å². The second-order valence-electron chi connectivity index (χ2n) is 5.33. The number of hydrogen-bond acceptors (Lipinski definition) is 5. The van der Waals surface area contributed by atoms with Crippen molar-refractivity contribution in [2.45, 2.75) is 26.3 Å². The van der Waals surface area contributed by atoms with Gasteiger partial charge in [0.2, 0.25) is 15.9 Å². The number of rotatable bonds is 8. The molecular weight excluding hydrogens is 336 g/mol. The number of sulfonamides is 1. The van der Waals surface area contributed by atoms with Gasteiger partial charge in [0.15, 0.2) is 0 Å². The van der Waals surface area contributed by atoms with Gasteiger partial charge in [-0.25, -0.2) is 13.1 Å². The number of carbonyl (C=O) groups is 2. The van der Waals surface area contributed by atoms with E-state index in [1.807, 2.05) is 0 Å². The number of aliphatic carboxylic acids is 1. The fraction of sp³-hybridized carbons (Fsp3) is 0.600. The largest absolute Gasteiger partial charge is 0.480 e. The average Bonchev–Trinajstić information content (AvgIpc) is 2.54. The number of carboxylic acid groups (broad SMARTS) is 1. The summed E-state index contributed by atoms with van der Waals surface area (Å²) in [5, 5.41) is 9.23. The van der Waals surface area contributed by atoms with E-state index in [0.717, 1.165) is 0 Å². The molecule has 9 heteroatoms. The molecule has 136 valence electrons. The summed E-state index contributed by atoms with van der Waals surface area (Å²) in [6, 6.07) is -1.49. The molecule has 0 bridgehead atoms. The summed E-state index contributed by atoms with van der Waals surface area (Å²) in [5.41, 5.74) is 0.536. The van der Waals surface area contributed by atoms with Crippen molar-refractivity contribution in [2.24, 2.45) is 0 Å². The Kier molecular flexibility index (Phi) is 8.09. The third kappa shape index (κ3) is 6.81. The van der Waals surface area contributed by atoms with Crippen molar-refractivity contribution < 1.29 is 27.9 Å². The number of nitrogens with zero attached hydrogens (tertiary/aromatic N) is 1. The maximum atomic E-state index is 12.2. The summed E-state index contributed by atoms with van der Waals surface area (Å²) in [7, 11) is -3.88. The Morgan fingerprint density at radius 2 is 1.92 bits per heavy atom. The molecule has 0 unspecified atom stereocenters. The molecule has 1 fully saturated rings. The minimum atomic E-state index is -3.88. The molecule has 0 spiro atoms. The van der Waals surface area contributed by atoms with Gasteiger partial charge in [-0.3, -0.25) is 9.59 Å². The fourth-order valence-electron chi connectivity index (χ4n) is 2.22. The second kappa shape index (κ2) is 9.55. The molecule has 8 nitrogen and oxygen atoms in total. The van der Waals surface area contributed by atoms with Gasteiger partial charge in [0.25, 0.3) is 0 Å². The van der Waals surface area contributed by atoms with Gasteiger partial charge >= 0.3 is 5.97 Å². The number of morpholine rings is 1. The van der Waals surface area contributed by atoms with E-state index in [4.69, 9.17) is 4.74 Å². The monoisotopic (exact) mass is 360 g/mol. The van der Waals surface area contributed by atoms with Crippen molar-refractivity contribution >= 4 is 21.9 Å². The highest BCUT2D eigenvalue weighted by Gasteiger charge is 2.29. The highest BCUT2D eigenvalue weighted by atomic mass is 32.2. The van der Waals surface area contributed by atoms with E-state index in [2.05, 4.69) is 4.72 Å². The van der Waals surface area contributed by atoms with Crippen LogP contribution in [0.5, 0.6) is 0 Å². The van der Waals surface area contributed by atoms with Gasteiger partial charge in [-0.05, 0) is 19.4 Å². The van der Waals surface area contributed by atoms with Crippen LogP contribution in [0.25, 0.3) is 0 Å². The van der Waals surface area contributed by atoms with Gasteiger partial charge in [-0.15, -0.1) is 0 Å². The molecule has 24 heavy (non-hydrogen) atoms. The van der Waals surface area contributed by atoms with Crippen molar-refractivity contribution in [3.8, 4) is 0 Å². The van der Waals surface area contributed by atoms with E-state index in [-0.39, 0.29) is 5.75 Å². The van der Waals surface area contributed by atoms with Crippen LogP contribution in [0.1, 0.15) is 20.3 Å². The zero-order chi connectivity index (χ0) is 18.2. The van der Waals surface area contributed by atoms with Crippen LogP contribution in [0.2, 0.25) is 0 Å². The number of amides is 1. The molecule has 1 heterocycles. The van der Waals surface area contributed by atoms with Gasteiger partial charge in [-0.1, -0.05) is 18.2 Å². The third-order valence-corrected chi connectivity index (χ3v) is 4.83. The number of carbonyl (C=O) groups excluding carboxylic acids is 1. The molecule has 0 aromatic heterocycles. The second-order valence-corrected chi connectivity index (χ2v) is 7.08. The number of allylic oxidation sites excluding steroid dienone is 3. The quantitative estimate of drug-likeness (QED) is 0.595.